The zero-order valence-corrected chi connectivity index (χ0v) is 12.2. The highest BCUT2D eigenvalue weighted by molar-refractivity contribution is 9.10. The fourth-order valence-electron chi connectivity index (χ4n) is 1.64. The maximum Gasteiger partial charge on any atom is 0.124 e. The lowest BCUT2D eigenvalue weighted by molar-refractivity contribution is 0.625. The molecule has 0 bridgehead atoms. The van der Waals surface area contributed by atoms with Gasteiger partial charge in [0.25, 0.3) is 0 Å². The Hall–Kier alpha value is -1.51. The van der Waals surface area contributed by atoms with Crippen molar-refractivity contribution in [1.29, 1.82) is 5.26 Å². The van der Waals surface area contributed by atoms with Crippen LogP contribution < -0.4 is 0 Å². The molecule has 19 heavy (non-hydrogen) atoms. The molecule has 0 amide bonds. The Morgan fingerprint density at radius 3 is 2.74 bits per heavy atom. The normalized spacial score (nSPS) is 11.8. The number of hydrogen-bond donors (Lipinski definition) is 0. The predicted molar refractivity (Wildman–Crippen MR) is 75.4 cm³/mol. The third-order valence-electron chi connectivity index (χ3n) is 2.44. The van der Waals surface area contributed by atoms with Crippen molar-refractivity contribution in [2.75, 3.05) is 0 Å². The van der Waals surface area contributed by atoms with Crippen LogP contribution in [0.15, 0.2) is 51.8 Å². The molecule has 0 aromatic heterocycles. The molecule has 0 saturated heterocycles. The van der Waals surface area contributed by atoms with E-state index in [0.29, 0.717) is 10.5 Å². The number of benzene rings is 2. The molecule has 0 fully saturated rings. The fourth-order valence-corrected chi connectivity index (χ4v) is 3.32. The van der Waals surface area contributed by atoms with E-state index in [-0.39, 0.29) is 11.3 Å². The van der Waals surface area contributed by atoms with Crippen molar-refractivity contribution in [3.8, 4) is 6.07 Å². The SMILES string of the molecule is N#Cc1cc(F)cc(CS(=O)c2cccc(Br)c2)c1. The van der Waals surface area contributed by atoms with Gasteiger partial charge in [0.05, 0.1) is 28.2 Å². The van der Waals surface area contributed by atoms with E-state index in [1.807, 2.05) is 12.1 Å². The van der Waals surface area contributed by atoms with Crippen LogP contribution in [0.3, 0.4) is 0 Å². The molecule has 2 rings (SSSR count). The van der Waals surface area contributed by atoms with Crippen LogP contribution in [0, 0.1) is 17.1 Å². The first kappa shape index (κ1) is 13.9. The summed E-state index contributed by atoms with van der Waals surface area (Å²) in [5, 5.41) is 8.78. The lowest BCUT2D eigenvalue weighted by Gasteiger charge is -2.04. The smallest absolute Gasteiger partial charge is 0.124 e. The molecule has 2 nitrogen and oxygen atoms in total. The maximum atomic E-state index is 13.3. The van der Waals surface area contributed by atoms with E-state index in [9.17, 15) is 8.60 Å². The zero-order chi connectivity index (χ0) is 13.8. The zero-order valence-electron chi connectivity index (χ0n) is 9.77. The third kappa shape index (κ3) is 3.72. The molecule has 2 aromatic carbocycles. The summed E-state index contributed by atoms with van der Waals surface area (Å²) < 4.78 is 26.3. The first-order valence-corrected chi connectivity index (χ1v) is 7.53. The number of nitriles is 1. The lowest BCUT2D eigenvalue weighted by Crippen LogP contribution is -1.98. The van der Waals surface area contributed by atoms with E-state index < -0.39 is 16.6 Å². The number of halogens is 2. The summed E-state index contributed by atoms with van der Waals surface area (Å²) in [5.74, 6) is -0.302. The number of hydrogen-bond acceptors (Lipinski definition) is 2. The molecular weight excluding hydrogens is 329 g/mol. The van der Waals surface area contributed by atoms with Gasteiger partial charge in [0.1, 0.15) is 5.82 Å². The van der Waals surface area contributed by atoms with Gasteiger partial charge in [0.15, 0.2) is 0 Å². The molecule has 0 radical (unpaired) electrons. The fraction of sp³-hybridized carbons (Fsp3) is 0.0714. The van der Waals surface area contributed by atoms with Crippen LogP contribution in [0.5, 0.6) is 0 Å². The second kappa shape index (κ2) is 6.09. The number of rotatable bonds is 3. The minimum absolute atomic E-state index is 0.183. The second-order valence-corrected chi connectivity index (χ2v) is 6.27. The van der Waals surface area contributed by atoms with E-state index >= 15 is 0 Å². The Labute approximate surface area is 121 Å². The van der Waals surface area contributed by atoms with E-state index in [2.05, 4.69) is 15.9 Å². The highest BCUT2D eigenvalue weighted by Crippen LogP contribution is 2.18. The molecule has 2 aromatic rings. The van der Waals surface area contributed by atoms with E-state index in [1.54, 1.807) is 24.3 Å². The lowest BCUT2D eigenvalue weighted by atomic mass is 10.1. The predicted octanol–water partition coefficient (Wildman–Crippen LogP) is 3.77. The van der Waals surface area contributed by atoms with E-state index in [0.717, 1.165) is 10.5 Å². The summed E-state index contributed by atoms with van der Waals surface area (Å²) >= 11 is 3.31. The van der Waals surface area contributed by atoms with E-state index in [4.69, 9.17) is 5.26 Å². The standard InChI is InChI=1S/C14H9BrFNOS/c15-12-2-1-3-14(7-12)19(18)9-11-4-10(8-17)5-13(16)6-11/h1-7H,9H2. The Kier molecular flexibility index (Phi) is 4.46. The van der Waals surface area contributed by atoms with Gasteiger partial charge in [0, 0.05) is 9.37 Å². The third-order valence-corrected chi connectivity index (χ3v) is 4.31. The van der Waals surface area contributed by atoms with Crippen LogP contribution in [-0.2, 0) is 16.6 Å². The highest BCUT2D eigenvalue weighted by Gasteiger charge is 2.08. The van der Waals surface area contributed by atoms with Gasteiger partial charge in [-0.05, 0) is 42.0 Å². The summed E-state index contributed by atoms with van der Waals surface area (Å²) in [4.78, 5) is 0.664. The Morgan fingerprint density at radius 2 is 2.05 bits per heavy atom. The molecule has 0 saturated carbocycles. The van der Waals surface area contributed by atoms with Crippen molar-refractivity contribution in [2.45, 2.75) is 10.6 Å². The molecule has 0 spiro atoms. The van der Waals surface area contributed by atoms with Gasteiger partial charge in [-0.15, -0.1) is 0 Å². The first-order chi connectivity index (χ1) is 9.08. The molecule has 0 aliphatic heterocycles. The summed E-state index contributed by atoms with van der Waals surface area (Å²) in [6, 6.07) is 13.1. The molecule has 0 N–H and O–H groups in total. The van der Waals surface area contributed by atoms with Crippen molar-refractivity contribution < 1.29 is 8.60 Å². The van der Waals surface area contributed by atoms with Gasteiger partial charge in [-0.1, -0.05) is 22.0 Å². The molecule has 0 aliphatic rings. The van der Waals surface area contributed by atoms with Gasteiger partial charge >= 0.3 is 0 Å². The summed E-state index contributed by atoms with van der Waals surface area (Å²) in [6.07, 6.45) is 0. The van der Waals surface area contributed by atoms with Crippen molar-refractivity contribution >= 4 is 26.7 Å². The summed E-state index contributed by atoms with van der Waals surface area (Å²) in [5.41, 5.74) is 0.788. The van der Waals surface area contributed by atoms with Gasteiger partial charge in [-0.3, -0.25) is 4.21 Å². The largest absolute Gasteiger partial charge is 0.254 e. The molecule has 1 unspecified atom stereocenters. The van der Waals surface area contributed by atoms with Crippen LogP contribution in [0.25, 0.3) is 0 Å². The molecule has 96 valence electrons. The van der Waals surface area contributed by atoms with Crippen molar-refractivity contribution in [3.63, 3.8) is 0 Å². The van der Waals surface area contributed by atoms with Crippen molar-refractivity contribution in [3.05, 3.63) is 63.9 Å². The van der Waals surface area contributed by atoms with Crippen molar-refractivity contribution in [1.82, 2.24) is 0 Å². The summed E-state index contributed by atoms with van der Waals surface area (Å²) in [7, 11) is -1.27. The van der Waals surface area contributed by atoms with Crippen LogP contribution in [0.1, 0.15) is 11.1 Å². The average molecular weight is 338 g/mol. The molecule has 0 heterocycles. The Morgan fingerprint density at radius 1 is 1.26 bits per heavy atom. The maximum absolute atomic E-state index is 13.3. The topological polar surface area (TPSA) is 40.9 Å². The quantitative estimate of drug-likeness (QED) is 0.855. The van der Waals surface area contributed by atoms with Crippen molar-refractivity contribution in [2.24, 2.45) is 0 Å². The average Bonchev–Trinajstić information content (AvgIpc) is 2.38. The molecular formula is C14H9BrFNOS. The second-order valence-electron chi connectivity index (χ2n) is 3.91. The molecule has 5 heteroatoms. The number of nitrogens with zero attached hydrogens (tertiary/aromatic N) is 1. The minimum Gasteiger partial charge on any atom is -0.254 e. The monoisotopic (exact) mass is 337 g/mol. The van der Waals surface area contributed by atoms with Gasteiger partial charge < -0.3 is 0 Å². The highest BCUT2D eigenvalue weighted by atomic mass is 79.9. The van der Waals surface area contributed by atoms with Gasteiger partial charge in [-0.2, -0.15) is 5.26 Å². The Balaban J connectivity index is 2.24. The summed E-state index contributed by atoms with van der Waals surface area (Å²) in [6.45, 7) is 0. The van der Waals surface area contributed by atoms with Gasteiger partial charge in [0.2, 0.25) is 0 Å². The molecule has 0 aliphatic carbocycles. The first-order valence-electron chi connectivity index (χ1n) is 5.42. The van der Waals surface area contributed by atoms with E-state index in [1.165, 1.54) is 6.07 Å². The van der Waals surface area contributed by atoms with Crippen LogP contribution >= 0.6 is 15.9 Å². The molecule has 1 atom stereocenters. The van der Waals surface area contributed by atoms with Crippen LogP contribution in [0.2, 0.25) is 0 Å². The van der Waals surface area contributed by atoms with Crippen LogP contribution in [0.4, 0.5) is 4.39 Å². The minimum atomic E-state index is -1.27. The van der Waals surface area contributed by atoms with Gasteiger partial charge in [-0.25, -0.2) is 4.39 Å². The van der Waals surface area contributed by atoms with Crippen LogP contribution in [-0.4, -0.2) is 4.21 Å². The Bertz CT molecular complexity index is 681.